The van der Waals surface area contributed by atoms with Crippen molar-refractivity contribution in [1.82, 2.24) is 4.90 Å². The molecule has 46 valence electrons. The molecule has 0 N–H and O–H groups in total. The third-order valence-corrected chi connectivity index (χ3v) is 1.29. The number of carbonyl (C=O) groups excluding carboxylic acids is 1. The van der Waals surface area contributed by atoms with E-state index in [9.17, 15) is 4.79 Å². The Labute approximate surface area is 53.4 Å². The van der Waals surface area contributed by atoms with Crippen LogP contribution in [0.2, 0.25) is 0 Å². The highest BCUT2D eigenvalue weighted by Gasteiger charge is 2.26. The van der Waals surface area contributed by atoms with Crippen molar-refractivity contribution in [3.8, 4) is 0 Å². The number of amides is 1. The van der Waals surface area contributed by atoms with Gasteiger partial charge in [0.05, 0.1) is 0 Å². The van der Waals surface area contributed by atoms with Gasteiger partial charge in [-0.2, -0.15) is 0 Å². The van der Waals surface area contributed by atoms with Crippen LogP contribution in [0.5, 0.6) is 0 Å². The minimum Gasteiger partial charge on any atom is -0.338 e. The predicted molar refractivity (Wildman–Crippen MR) is 31.9 cm³/mol. The molecule has 0 aliphatic carbocycles. The number of alkyl halides is 1. The Kier molecular flexibility index (Phi) is 1.43. The van der Waals surface area contributed by atoms with Crippen molar-refractivity contribution in [3.05, 3.63) is 0 Å². The van der Waals surface area contributed by atoms with Gasteiger partial charge in [0, 0.05) is 13.1 Å². The molecule has 8 heavy (non-hydrogen) atoms. The highest BCUT2D eigenvalue weighted by Crippen LogP contribution is 2.09. The van der Waals surface area contributed by atoms with Crippen molar-refractivity contribution < 1.29 is 4.79 Å². The molecular weight excluding hydrogens is 126 g/mol. The highest BCUT2D eigenvalue weighted by atomic mass is 35.5. The molecule has 1 heterocycles. The summed E-state index contributed by atoms with van der Waals surface area (Å²) in [5, 5.41) is -0.336. The minimum atomic E-state index is -0.336. The van der Waals surface area contributed by atoms with Crippen molar-refractivity contribution in [2.45, 2.75) is 12.3 Å². The van der Waals surface area contributed by atoms with Crippen LogP contribution in [0.3, 0.4) is 0 Å². The van der Waals surface area contributed by atoms with E-state index in [1.54, 1.807) is 11.8 Å². The van der Waals surface area contributed by atoms with Crippen molar-refractivity contribution in [2.75, 3.05) is 13.1 Å². The largest absolute Gasteiger partial charge is 0.338 e. The summed E-state index contributed by atoms with van der Waals surface area (Å²) < 4.78 is 0. The third kappa shape index (κ3) is 1.13. The van der Waals surface area contributed by atoms with Crippen LogP contribution in [0.25, 0.3) is 0 Å². The van der Waals surface area contributed by atoms with Crippen molar-refractivity contribution in [2.24, 2.45) is 0 Å². The van der Waals surface area contributed by atoms with Gasteiger partial charge in [-0.1, -0.05) is 0 Å². The normalized spacial score (nSPS) is 20.5. The second kappa shape index (κ2) is 1.94. The van der Waals surface area contributed by atoms with Gasteiger partial charge in [0.2, 0.25) is 5.91 Å². The van der Waals surface area contributed by atoms with E-state index in [0.717, 1.165) is 13.1 Å². The number of nitrogens with zero attached hydrogens (tertiary/aromatic N) is 1. The smallest absolute Gasteiger partial charge is 0.240 e. The maximum atomic E-state index is 10.7. The van der Waals surface area contributed by atoms with Crippen LogP contribution in [0.15, 0.2) is 0 Å². The number of hydrogen-bond acceptors (Lipinski definition) is 1. The number of rotatable bonds is 1. The zero-order chi connectivity index (χ0) is 6.15. The molecule has 1 aliphatic heterocycles. The molecule has 1 atom stereocenters. The molecule has 0 aromatic carbocycles. The Bertz CT molecular complexity index is 105. The van der Waals surface area contributed by atoms with Gasteiger partial charge in [-0.15, -0.1) is 11.6 Å². The fourth-order valence-electron chi connectivity index (χ4n) is 0.522. The quantitative estimate of drug-likeness (QED) is 0.376. The molecule has 1 amide bonds. The maximum Gasteiger partial charge on any atom is 0.240 e. The first-order valence-corrected chi connectivity index (χ1v) is 3.08. The Morgan fingerprint density at radius 1 is 1.75 bits per heavy atom. The minimum absolute atomic E-state index is 0.0617. The predicted octanol–water partition coefficient (Wildman–Crippen LogP) is 0.456. The zero-order valence-electron chi connectivity index (χ0n) is 4.72. The summed E-state index contributed by atoms with van der Waals surface area (Å²) in [6.45, 7) is 3.49. The van der Waals surface area contributed by atoms with Crippen LogP contribution >= 0.6 is 11.6 Å². The first-order chi connectivity index (χ1) is 3.72. The van der Waals surface area contributed by atoms with Crippen molar-refractivity contribution >= 4 is 17.5 Å². The van der Waals surface area contributed by atoms with E-state index in [2.05, 4.69) is 0 Å². The molecule has 1 unspecified atom stereocenters. The number of carbonyl (C=O) groups is 1. The van der Waals surface area contributed by atoms with Crippen LogP contribution in [-0.2, 0) is 4.79 Å². The van der Waals surface area contributed by atoms with E-state index in [0.29, 0.717) is 0 Å². The molecule has 3 heteroatoms. The average Bonchev–Trinajstić information content (AvgIpc) is 2.43. The van der Waals surface area contributed by atoms with E-state index in [1.165, 1.54) is 0 Å². The van der Waals surface area contributed by atoms with Gasteiger partial charge < -0.3 is 4.90 Å². The molecule has 0 aromatic heterocycles. The molecule has 1 aliphatic rings. The van der Waals surface area contributed by atoms with Gasteiger partial charge in [0.15, 0.2) is 0 Å². The first-order valence-electron chi connectivity index (χ1n) is 2.64. The Balaban J connectivity index is 2.33. The summed E-state index contributed by atoms with van der Waals surface area (Å²) in [6, 6.07) is 0. The van der Waals surface area contributed by atoms with E-state index >= 15 is 0 Å². The summed E-state index contributed by atoms with van der Waals surface area (Å²) in [6.07, 6.45) is 0. The first kappa shape index (κ1) is 5.89. The van der Waals surface area contributed by atoms with Crippen LogP contribution in [-0.4, -0.2) is 29.3 Å². The fraction of sp³-hybridized carbons (Fsp3) is 0.800. The third-order valence-electron chi connectivity index (χ3n) is 1.10. The molecule has 0 bridgehead atoms. The van der Waals surface area contributed by atoms with Gasteiger partial charge >= 0.3 is 0 Å². The van der Waals surface area contributed by atoms with E-state index in [-0.39, 0.29) is 11.3 Å². The molecule has 1 saturated heterocycles. The summed E-state index contributed by atoms with van der Waals surface area (Å²) >= 11 is 5.47. The lowest BCUT2D eigenvalue weighted by Gasteiger charge is -1.99. The fourth-order valence-corrected chi connectivity index (χ4v) is 0.660. The number of hydrogen-bond donors (Lipinski definition) is 0. The lowest BCUT2D eigenvalue weighted by atomic mass is 10.4. The van der Waals surface area contributed by atoms with Crippen molar-refractivity contribution in [1.29, 1.82) is 0 Å². The second-order valence-corrected chi connectivity index (χ2v) is 2.60. The molecule has 0 radical (unpaired) electrons. The standard InChI is InChI=1S/C5H8ClNO/c1-4(6)5(8)7-2-3-7/h4H,2-3H2,1H3. The van der Waals surface area contributed by atoms with Crippen LogP contribution < -0.4 is 0 Å². The van der Waals surface area contributed by atoms with Crippen LogP contribution in [0.4, 0.5) is 0 Å². The van der Waals surface area contributed by atoms with Crippen LogP contribution in [0.1, 0.15) is 6.92 Å². The van der Waals surface area contributed by atoms with Gasteiger partial charge in [-0.3, -0.25) is 4.79 Å². The molecule has 1 rings (SSSR count). The molecule has 0 aromatic rings. The van der Waals surface area contributed by atoms with Gasteiger partial charge in [-0.05, 0) is 6.92 Å². The zero-order valence-corrected chi connectivity index (χ0v) is 5.48. The topological polar surface area (TPSA) is 20.1 Å². The lowest BCUT2D eigenvalue weighted by Crippen LogP contribution is -2.19. The van der Waals surface area contributed by atoms with Crippen molar-refractivity contribution in [3.63, 3.8) is 0 Å². The molecule has 2 nitrogen and oxygen atoms in total. The highest BCUT2D eigenvalue weighted by molar-refractivity contribution is 6.30. The van der Waals surface area contributed by atoms with Gasteiger partial charge in [0.1, 0.15) is 5.38 Å². The average molecular weight is 134 g/mol. The summed E-state index contributed by atoms with van der Waals surface area (Å²) in [7, 11) is 0. The van der Waals surface area contributed by atoms with E-state index in [4.69, 9.17) is 11.6 Å². The Morgan fingerprint density at radius 3 is 2.38 bits per heavy atom. The SMILES string of the molecule is CC(Cl)C(=O)N1CC1. The summed E-state index contributed by atoms with van der Waals surface area (Å²) in [5.74, 6) is 0.0617. The van der Waals surface area contributed by atoms with Gasteiger partial charge in [-0.25, -0.2) is 0 Å². The second-order valence-electron chi connectivity index (χ2n) is 1.94. The molecule has 0 spiro atoms. The maximum absolute atomic E-state index is 10.7. The lowest BCUT2D eigenvalue weighted by molar-refractivity contribution is -0.125. The molecule has 0 saturated carbocycles. The number of halogens is 1. The van der Waals surface area contributed by atoms with Gasteiger partial charge in [0.25, 0.3) is 0 Å². The molecule has 1 fully saturated rings. The summed E-state index contributed by atoms with van der Waals surface area (Å²) in [4.78, 5) is 12.4. The summed E-state index contributed by atoms with van der Waals surface area (Å²) in [5.41, 5.74) is 0. The van der Waals surface area contributed by atoms with E-state index in [1.807, 2.05) is 0 Å². The monoisotopic (exact) mass is 133 g/mol. The Morgan fingerprint density at radius 2 is 2.25 bits per heavy atom. The van der Waals surface area contributed by atoms with E-state index < -0.39 is 0 Å². The Hall–Kier alpha value is -0.240. The molecular formula is C5H8ClNO. The van der Waals surface area contributed by atoms with Crippen LogP contribution in [0, 0.1) is 0 Å².